The molecule has 0 bridgehead atoms. The SMILES string of the molecule is O=C(O)c1c(COc2cccc(I)c2)oc2ccccc12. The topological polar surface area (TPSA) is 59.7 Å². The fourth-order valence-electron chi connectivity index (χ4n) is 2.14. The monoisotopic (exact) mass is 394 g/mol. The predicted octanol–water partition coefficient (Wildman–Crippen LogP) is 4.31. The second kappa shape index (κ2) is 5.77. The van der Waals surface area contributed by atoms with E-state index < -0.39 is 5.97 Å². The number of hydrogen-bond acceptors (Lipinski definition) is 3. The minimum atomic E-state index is -1.01. The van der Waals surface area contributed by atoms with Crippen molar-refractivity contribution in [3.63, 3.8) is 0 Å². The Bertz CT molecular complexity index is 807. The number of ether oxygens (including phenoxy) is 1. The van der Waals surface area contributed by atoms with Crippen molar-refractivity contribution in [3.05, 3.63) is 63.4 Å². The van der Waals surface area contributed by atoms with E-state index in [-0.39, 0.29) is 12.2 Å². The molecule has 0 atom stereocenters. The van der Waals surface area contributed by atoms with Crippen molar-refractivity contribution in [2.75, 3.05) is 0 Å². The maximum absolute atomic E-state index is 11.4. The summed E-state index contributed by atoms with van der Waals surface area (Å²) in [6, 6.07) is 14.6. The zero-order valence-corrected chi connectivity index (χ0v) is 13.0. The molecule has 0 saturated heterocycles. The molecule has 4 nitrogen and oxygen atoms in total. The van der Waals surface area contributed by atoms with Crippen LogP contribution >= 0.6 is 22.6 Å². The third-order valence-electron chi connectivity index (χ3n) is 3.05. The number of furan rings is 1. The molecular weight excluding hydrogens is 383 g/mol. The van der Waals surface area contributed by atoms with Crippen LogP contribution in [0.3, 0.4) is 0 Å². The second-order valence-electron chi connectivity index (χ2n) is 4.45. The molecule has 1 aromatic heterocycles. The van der Waals surface area contributed by atoms with Crippen LogP contribution in [0, 0.1) is 3.57 Å². The summed E-state index contributed by atoms with van der Waals surface area (Å²) in [5.74, 6) is -0.0116. The molecule has 21 heavy (non-hydrogen) atoms. The van der Waals surface area contributed by atoms with Crippen molar-refractivity contribution in [1.29, 1.82) is 0 Å². The van der Waals surface area contributed by atoms with Crippen molar-refractivity contribution >= 4 is 39.5 Å². The van der Waals surface area contributed by atoms with Crippen LogP contribution < -0.4 is 4.74 Å². The molecule has 0 aliphatic carbocycles. The van der Waals surface area contributed by atoms with Crippen LogP contribution in [0.2, 0.25) is 0 Å². The lowest BCUT2D eigenvalue weighted by Crippen LogP contribution is -2.03. The van der Waals surface area contributed by atoms with Crippen molar-refractivity contribution in [2.45, 2.75) is 6.61 Å². The van der Waals surface area contributed by atoms with Crippen molar-refractivity contribution in [2.24, 2.45) is 0 Å². The maximum atomic E-state index is 11.4. The van der Waals surface area contributed by atoms with E-state index in [1.165, 1.54) is 0 Å². The summed E-state index contributed by atoms with van der Waals surface area (Å²) < 4.78 is 12.3. The van der Waals surface area contributed by atoms with Crippen LogP contribution in [0.25, 0.3) is 11.0 Å². The number of carboxylic acid groups (broad SMARTS) is 1. The van der Waals surface area contributed by atoms with Gasteiger partial charge in [-0.15, -0.1) is 0 Å². The van der Waals surface area contributed by atoms with Gasteiger partial charge in [0.1, 0.15) is 23.5 Å². The molecule has 0 saturated carbocycles. The number of hydrogen-bond donors (Lipinski definition) is 1. The molecule has 0 amide bonds. The number of benzene rings is 2. The standard InChI is InChI=1S/C16H11IO4/c17-10-4-3-5-11(8-10)20-9-14-15(16(18)19)12-6-1-2-7-13(12)21-14/h1-8H,9H2,(H,18,19). The summed E-state index contributed by atoms with van der Waals surface area (Å²) in [5.41, 5.74) is 0.715. The fraction of sp³-hybridized carbons (Fsp3) is 0.0625. The number of carboxylic acids is 1. The van der Waals surface area contributed by atoms with Gasteiger partial charge in [-0.3, -0.25) is 0 Å². The van der Waals surface area contributed by atoms with Crippen LogP contribution in [0.15, 0.2) is 52.9 Å². The first kappa shape index (κ1) is 13.9. The van der Waals surface area contributed by atoms with Gasteiger partial charge in [-0.25, -0.2) is 4.79 Å². The highest BCUT2D eigenvalue weighted by Gasteiger charge is 2.20. The summed E-state index contributed by atoms with van der Waals surface area (Å²) in [6.45, 7) is 0.0798. The van der Waals surface area contributed by atoms with Crippen molar-refractivity contribution < 1.29 is 19.1 Å². The molecule has 106 valence electrons. The lowest BCUT2D eigenvalue weighted by molar-refractivity contribution is 0.0693. The molecule has 3 rings (SSSR count). The van der Waals surface area contributed by atoms with Crippen LogP contribution in [0.4, 0.5) is 0 Å². The van der Waals surface area contributed by atoms with Gasteiger partial charge in [0.05, 0.1) is 0 Å². The molecule has 5 heteroatoms. The molecule has 2 aromatic carbocycles. The van der Waals surface area contributed by atoms with Crippen LogP contribution in [-0.4, -0.2) is 11.1 Å². The van der Waals surface area contributed by atoms with E-state index in [9.17, 15) is 9.90 Å². The largest absolute Gasteiger partial charge is 0.486 e. The third kappa shape index (κ3) is 2.87. The normalized spacial score (nSPS) is 10.7. The van der Waals surface area contributed by atoms with Crippen LogP contribution in [-0.2, 0) is 6.61 Å². The molecule has 0 unspecified atom stereocenters. The fourth-order valence-corrected chi connectivity index (χ4v) is 2.65. The highest BCUT2D eigenvalue weighted by molar-refractivity contribution is 14.1. The van der Waals surface area contributed by atoms with Gasteiger partial charge in [-0.05, 0) is 46.9 Å². The van der Waals surface area contributed by atoms with Gasteiger partial charge < -0.3 is 14.3 Å². The highest BCUT2D eigenvalue weighted by atomic mass is 127. The number of para-hydroxylation sites is 1. The Labute approximate surface area is 134 Å². The number of aromatic carboxylic acids is 1. The molecule has 1 heterocycles. The molecule has 1 N–H and O–H groups in total. The van der Waals surface area contributed by atoms with Gasteiger partial charge in [0.25, 0.3) is 0 Å². The second-order valence-corrected chi connectivity index (χ2v) is 5.69. The van der Waals surface area contributed by atoms with Gasteiger partial charge in [0.15, 0.2) is 5.76 Å². The summed E-state index contributed by atoms with van der Waals surface area (Å²) in [6.07, 6.45) is 0. The van der Waals surface area contributed by atoms with Gasteiger partial charge >= 0.3 is 5.97 Å². The van der Waals surface area contributed by atoms with E-state index in [0.717, 1.165) is 3.57 Å². The minimum Gasteiger partial charge on any atom is -0.486 e. The predicted molar refractivity (Wildman–Crippen MR) is 86.7 cm³/mol. The van der Waals surface area contributed by atoms with Gasteiger partial charge in [0, 0.05) is 8.96 Å². The van der Waals surface area contributed by atoms with E-state index in [1.54, 1.807) is 18.2 Å². The smallest absolute Gasteiger partial charge is 0.340 e. The van der Waals surface area contributed by atoms with E-state index in [4.69, 9.17) is 9.15 Å². The molecule has 0 fully saturated rings. The van der Waals surface area contributed by atoms with E-state index >= 15 is 0 Å². The van der Waals surface area contributed by atoms with Gasteiger partial charge in [-0.1, -0.05) is 24.3 Å². The quantitative estimate of drug-likeness (QED) is 0.670. The van der Waals surface area contributed by atoms with Crippen LogP contribution in [0.1, 0.15) is 16.1 Å². The summed E-state index contributed by atoms with van der Waals surface area (Å²) in [4.78, 5) is 11.4. The van der Waals surface area contributed by atoms with E-state index in [1.807, 2.05) is 30.3 Å². The summed E-state index contributed by atoms with van der Waals surface area (Å²) >= 11 is 2.19. The average Bonchev–Trinajstić information content (AvgIpc) is 2.83. The summed E-state index contributed by atoms with van der Waals surface area (Å²) in [7, 11) is 0. The van der Waals surface area contributed by atoms with Crippen molar-refractivity contribution in [1.82, 2.24) is 0 Å². The lowest BCUT2D eigenvalue weighted by Gasteiger charge is -2.05. The Balaban J connectivity index is 1.93. The molecule has 3 aromatic rings. The van der Waals surface area contributed by atoms with Gasteiger partial charge in [0.2, 0.25) is 0 Å². The third-order valence-corrected chi connectivity index (χ3v) is 3.72. The van der Waals surface area contributed by atoms with Gasteiger partial charge in [-0.2, -0.15) is 0 Å². The van der Waals surface area contributed by atoms with Crippen molar-refractivity contribution in [3.8, 4) is 5.75 Å². The molecule has 0 aliphatic rings. The number of carbonyl (C=O) groups is 1. The Morgan fingerprint density at radius 2 is 2.00 bits per heavy atom. The van der Waals surface area contributed by atoms with E-state index in [0.29, 0.717) is 22.5 Å². The Hall–Kier alpha value is -2.02. The minimum absolute atomic E-state index is 0.0798. The zero-order valence-electron chi connectivity index (χ0n) is 10.9. The summed E-state index contributed by atoms with van der Waals surface area (Å²) in [5, 5.41) is 9.97. The number of fused-ring (bicyclic) bond motifs is 1. The number of rotatable bonds is 4. The number of halogens is 1. The first-order valence-electron chi connectivity index (χ1n) is 6.27. The van der Waals surface area contributed by atoms with Crippen LogP contribution in [0.5, 0.6) is 5.75 Å². The van der Waals surface area contributed by atoms with E-state index in [2.05, 4.69) is 22.6 Å². The Kier molecular flexibility index (Phi) is 3.83. The molecular formula is C16H11IO4. The molecule has 0 spiro atoms. The first-order valence-corrected chi connectivity index (χ1v) is 7.35. The first-order chi connectivity index (χ1) is 10.1. The molecule has 0 aliphatic heterocycles. The highest BCUT2D eigenvalue weighted by Crippen LogP contribution is 2.27. The average molecular weight is 394 g/mol. The Morgan fingerprint density at radius 1 is 1.19 bits per heavy atom. The zero-order chi connectivity index (χ0) is 14.8. The lowest BCUT2D eigenvalue weighted by atomic mass is 10.1. The Morgan fingerprint density at radius 3 is 2.76 bits per heavy atom. The maximum Gasteiger partial charge on any atom is 0.340 e. The molecule has 0 radical (unpaired) electrons.